The first kappa shape index (κ1) is 12.7. The van der Waals surface area contributed by atoms with Crippen molar-refractivity contribution in [2.24, 2.45) is 0 Å². The molecule has 5 nitrogen and oxygen atoms in total. The number of ether oxygens (including phenoxy) is 1. The molecule has 0 fully saturated rings. The van der Waals surface area contributed by atoms with E-state index in [9.17, 15) is 9.90 Å². The van der Waals surface area contributed by atoms with E-state index in [1.165, 1.54) is 7.11 Å². The topological polar surface area (TPSA) is 78.8 Å². The van der Waals surface area contributed by atoms with Gasteiger partial charge in [0.05, 0.1) is 19.1 Å². The van der Waals surface area contributed by atoms with Crippen LogP contribution in [0.2, 0.25) is 0 Å². The van der Waals surface area contributed by atoms with Crippen LogP contribution in [0.4, 0.5) is 0 Å². The van der Waals surface area contributed by atoms with E-state index < -0.39 is 11.5 Å². The third kappa shape index (κ3) is 2.13. The van der Waals surface area contributed by atoms with Gasteiger partial charge in [0.25, 0.3) is 0 Å². The highest BCUT2D eigenvalue weighted by Crippen LogP contribution is 2.38. The summed E-state index contributed by atoms with van der Waals surface area (Å²) >= 11 is 0. The van der Waals surface area contributed by atoms with Crippen LogP contribution in [-0.4, -0.2) is 29.8 Å². The van der Waals surface area contributed by atoms with E-state index >= 15 is 0 Å². The van der Waals surface area contributed by atoms with Gasteiger partial charge >= 0.3 is 5.97 Å². The van der Waals surface area contributed by atoms with Crippen molar-refractivity contribution in [1.29, 1.82) is 0 Å². The van der Waals surface area contributed by atoms with Gasteiger partial charge < -0.3 is 20.3 Å². The summed E-state index contributed by atoms with van der Waals surface area (Å²) in [6.07, 6.45) is 0.771. The lowest BCUT2D eigenvalue weighted by Crippen LogP contribution is -2.46. The largest absolute Gasteiger partial charge is 0.504 e. The minimum atomic E-state index is -0.867. The van der Waals surface area contributed by atoms with Crippen LogP contribution < -0.4 is 10.1 Å². The van der Waals surface area contributed by atoms with E-state index in [2.05, 4.69) is 5.32 Å². The molecule has 0 saturated carbocycles. The van der Waals surface area contributed by atoms with Gasteiger partial charge in [-0.05, 0) is 36.6 Å². The molecule has 98 valence electrons. The summed E-state index contributed by atoms with van der Waals surface area (Å²) in [7, 11) is 1.50. The molecule has 1 unspecified atom stereocenters. The van der Waals surface area contributed by atoms with Crippen LogP contribution in [0.1, 0.15) is 24.5 Å². The van der Waals surface area contributed by atoms with Crippen molar-refractivity contribution in [3.63, 3.8) is 0 Å². The fraction of sp³-hybridized carbons (Fsp3) is 0.462. The number of carboxylic acid groups (broad SMARTS) is 1. The number of hydrogen-bond acceptors (Lipinski definition) is 4. The van der Waals surface area contributed by atoms with Crippen molar-refractivity contribution in [1.82, 2.24) is 5.32 Å². The summed E-state index contributed by atoms with van der Waals surface area (Å²) < 4.78 is 5.07. The highest BCUT2D eigenvalue weighted by molar-refractivity contribution is 5.69. The Hall–Kier alpha value is -1.75. The molecule has 1 aromatic rings. The number of fused-ring (bicyclic) bond motifs is 1. The molecule has 3 N–H and O–H groups in total. The van der Waals surface area contributed by atoms with Gasteiger partial charge in [0.2, 0.25) is 0 Å². The van der Waals surface area contributed by atoms with E-state index in [-0.39, 0.29) is 12.2 Å². The molecule has 1 aliphatic rings. The molecule has 0 aromatic heterocycles. The monoisotopic (exact) mass is 251 g/mol. The summed E-state index contributed by atoms with van der Waals surface area (Å²) in [5, 5.41) is 22.0. The maximum Gasteiger partial charge on any atom is 0.305 e. The van der Waals surface area contributed by atoms with Crippen molar-refractivity contribution in [3.8, 4) is 11.5 Å². The van der Waals surface area contributed by atoms with Crippen LogP contribution in [0, 0.1) is 0 Å². The molecule has 1 aromatic carbocycles. The van der Waals surface area contributed by atoms with E-state index in [1.54, 1.807) is 12.1 Å². The van der Waals surface area contributed by atoms with Crippen LogP contribution in [0.5, 0.6) is 11.5 Å². The molecule has 0 spiro atoms. The summed E-state index contributed by atoms with van der Waals surface area (Å²) in [5.41, 5.74) is 1.20. The van der Waals surface area contributed by atoms with Gasteiger partial charge in [0.15, 0.2) is 11.5 Å². The molecule has 0 amide bonds. The number of phenols is 1. The van der Waals surface area contributed by atoms with Crippen molar-refractivity contribution < 1.29 is 19.7 Å². The van der Waals surface area contributed by atoms with Gasteiger partial charge in [0, 0.05) is 6.54 Å². The minimum Gasteiger partial charge on any atom is -0.504 e. The van der Waals surface area contributed by atoms with Crippen molar-refractivity contribution in [2.75, 3.05) is 13.7 Å². The summed E-state index contributed by atoms with van der Waals surface area (Å²) in [6, 6.07) is 3.38. The van der Waals surface area contributed by atoms with Crippen LogP contribution in [0.15, 0.2) is 12.1 Å². The minimum absolute atomic E-state index is 0.0221. The first-order valence-electron chi connectivity index (χ1n) is 5.83. The van der Waals surface area contributed by atoms with Crippen molar-refractivity contribution in [3.05, 3.63) is 23.3 Å². The highest BCUT2D eigenvalue weighted by Gasteiger charge is 2.34. The summed E-state index contributed by atoms with van der Waals surface area (Å²) in [6.45, 7) is 2.55. The Bertz CT molecular complexity index is 486. The summed E-state index contributed by atoms with van der Waals surface area (Å²) in [5.74, 6) is -0.405. The Morgan fingerprint density at radius 2 is 2.28 bits per heavy atom. The third-order valence-corrected chi connectivity index (χ3v) is 3.41. The summed E-state index contributed by atoms with van der Waals surface area (Å²) in [4.78, 5) is 11.0. The molecule has 0 radical (unpaired) electrons. The Kier molecular flexibility index (Phi) is 3.17. The van der Waals surface area contributed by atoms with E-state index in [0.717, 1.165) is 17.5 Å². The number of carbonyl (C=O) groups is 1. The predicted molar refractivity (Wildman–Crippen MR) is 66.0 cm³/mol. The standard InChI is InChI=1S/C13H17NO4/c1-13(7-12(16)17)9-6-10(15)11(18-2)5-8(9)3-4-14-13/h5-6,14-15H,3-4,7H2,1-2H3,(H,16,17). The molecule has 0 bridgehead atoms. The number of hydrogen-bond donors (Lipinski definition) is 3. The Balaban J connectivity index is 2.49. The van der Waals surface area contributed by atoms with Gasteiger partial charge in [-0.3, -0.25) is 4.79 Å². The first-order valence-corrected chi connectivity index (χ1v) is 5.83. The van der Waals surface area contributed by atoms with E-state index in [0.29, 0.717) is 12.3 Å². The fourth-order valence-electron chi connectivity index (χ4n) is 2.52. The quantitative estimate of drug-likeness (QED) is 0.753. The van der Waals surface area contributed by atoms with Gasteiger partial charge in [-0.1, -0.05) is 0 Å². The lowest BCUT2D eigenvalue weighted by molar-refractivity contribution is -0.138. The number of aromatic hydroxyl groups is 1. The Morgan fingerprint density at radius 3 is 2.89 bits per heavy atom. The number of benzene rings is 1. The van der Waals surface area contributed by atoms with Crippen LogP contribution in [-0.2, 0) is 16.8 Å². The molecule has 0 aliphatic carbocycles. The zero-order valence-electron chi connectivity index (χ0n) is 10.5. The van der Waals surface area contributed by atoms with Crippen LogP contribution >= 0.6 is 0 Å². The molecule has 1 aliphatic heterocycles. The maximum absolute atomic E-state index is 11.0. The molecule has 18 heavy (non-hydrogen) atoms. The maximum atomic E-state index is 11.0. The average Bonchev–Trinajstić information content (AvgIpc) is 2.28. The third-order valence-electron chi connectivity index (χ3n) is 3.41. The van der Waals surface area contributed by atoms with Gasteiger partial charge in [-0.25, -0.2) is 0 Å². The van der Waals surface area contributed by atoms with E-state index in [1.807, 2.05) is 6.92 Å². The fourth-order valence-corrected chi connectivity index (χ4v) is 2.52. The number of rotatable bonds is 3. The number of aliphatic carboxylic acids is 1. The van der Waals surface area contributed by atoms with Crippen LogP contribution in [0.3, 0.4) is 0 Å². The van der Waals surface area contributed by atoms with Crippen molar-refractivity contribution >= 4 is 5.97 Å². The second-order valence-electron chi connectivity index (χ2n) is 4.76. The van der Waals surface area contributed by atoms with Gasteiger partial charge in [0.1, 0.15) is 0 Å². The Morgan fingerprint density at radius 1 is 1.56 bits per heavy atom. The van der Waals surface area contributed by atoms with Crippen molar-refractivity contribution in [2.45, 2.75) is 25.3 Å². The zero-order chi connectivity index (χ0) is 13.3. The molecular formula is C13H17NO4. The second-order valence-corrected chi connectivity index (χ2v) is 4.76. The molecule has 0 saturated heterocycles. The lowest BCUT2D eigenvalue weighted by Gasteiger charge is -2.36. The lowest BCUT2D eigenvalue weighted by atomic mass is 9.81. The van der Waals surface area contributed by atoms with Gasteiger partial charge in [-0.15, -0.1) is 0 Å². The van der Waals surface area contributed by atoms with E-state index in [4.69, 9.17) is 9.84 Å². The highest BCUT2D eigenvalue weighted by atomic mass is 16.5. The Labute approximate surface area is 105 Å². The molecule has 2 rings (SSSR count). The number of methoxy groups -OCH3 is 1. The zero-order valence-corrected chi connectivity index (χ0v) is 10.5. The first-order chi connectivity index (χ1) is 8.46. The predicted octanol–water partition coefficient (Wildman–Crippen LogP) is 1.24. The number of nitrogens with one attached hydrogen (secondary N) is 1. The normalized spacial score (nSPS) is 22.3. The smallest absolute Gasteiger partial charge is 0.305 e. The molecule has 1 atom stereocenters. The SMILES string of the molecule is COc1cc2c(cc1O)C(C)(CC(=O)O)NCC2. The number of phenolic OH excluding ortho intramolecular Hbond substituents is 1. The molecule has 1 heterocycles. The number of carboxylic acids is 1. The van der Waals surface area contributed by atoms with Gasteiger partial charge in [-0.2, -0.15) is 0 Å². The second kappa shape index (κ2) is 4.49. The van der Waals surface area contributed by atoms with Crippen LogP contribution in [0.25, 0.3) is 0 Å². The molecular weight excluding hydrogens is 234 g/mol. The molecule has 5 heteroatoms. The average molecular weight is 251 g/mol.